The van der Waals surface area contributed by atoms with Crippen molar-refractivity contribution in [1.82, 2.24) is 14.5 Å². The van der Waals surface area contributed by atoms with E-state index >= 15 is 0 Å². The Balaban J connectivity index is 1.59. The summed E-state index contributed by atoms with van der Waals surface area (Å²) < 4.78 is 16.6. The molecule has 0 saturated heterocycles. The summed E-state index contributed by atoms with van der Waals surface area (Å²) in [7, 11) is 1.65. The highest BCUT2D eigenvalue weighted by Crippen LogP contribution is 2.37. The summed E-state index contributed by atoms with van der Waals surface area (Å²) >= 11 is 5.98. The van der Waals surface area contributed by atoms with Crippen molar-refractivity contribution in [3.63, 3.8) is 0 Å². The van der Waals surface area contributed by atoms with E-state index in [2.05, 4.69) is 30.2 Å². The van der Waals surface area contributed by atoms with Gasteiger partial charge in [-0.1, -0.05) is 23.7 Å². The summed E-state index contributed by atoms with van der Waals surface area (Å²) in [6, 6.07) is 13.2. The molecule has 0 unspecified atom stereocenters. The lowest BCUT2D eigenvalue weighted by Gasteiger charge is -2.17. The van der Waals surface area contributed by atoms with Crippen molar-refractivity contribution in [3.05, 3.63) is 76.7 Å². The number of rotatable bonds is 3. The Bertz CT molecular complexity index is 1400. The molecule has 3 aliphatic heterocycles. The first kappa shape index (κ1) is 20.1. The smallest absolute Gasteiger partial charge is 0.258 e. The second-order valence-electron chi connectivity index (χ2n) is 7.32. The molecule has 9 heteroatoms. The first-order valence-corrected chi connectivity index (χ1v) is 10.4. The number of amides is 1. The molecule has 1 amide bonds. The van der Waals surface area contributed by atoms with E-state index in [1.165, 1.54) is 6.07 Å². The molecule has 0 atom stereocenters. The lowest BCUT2D eigenvalue weighted by Crippen LogP contribution is -2.17. The van der Waals surface area contributed by atoms with Gasteiger partial charge in [0, 0.05) is 48.2 Å². The van der Waals surface area contributed by atoms with Gasteiger partial charge >= 0.3 is 0 Å². The highest BCUT2D eigenvalue weighted by atomic mass is 35.5. The Morgan fingerprint density at radius 3 is 2.91 bits per heavy atom. The summed E-state index contributed by atoms with van der Waals surface area (Å²) in [6.45, 7) is 1.46. The van der Waals surface area contributed by atoms with Crippen LogP contribution in [-0.4, -0.2) is 34.0 Å². The second kappa shape index (κ2) is 8.05. The number of hydrogen-bond acceptors (Lipinski definition) is 5. The zero-order valence-electron chi connectivity index (χ0n) is 17.1. The fourth-order valence-electron chi connectivity index (χ4n) is 3.82. The number of nitrogens with zero attached hydrogens (tertiary/aromatic N) is 4. The molecule has 0 aliphatic carbocycles. The van der Waals surface area contributed by atoms with Crippen LogP contribution in [0.2, 0.25) is 5.02 Å². The van der Waals surface area contributed by atoms with Crippen LogP contribution >= 0.6 is 11.6 Å². The predicted molar refractivity (Wildman–Crippen MR) is 121 cm³/mol. The summed E-state index contributed by atoms with van der Waals surface area (Å²) in [4.78, 5) is 25.6. The molecule has 2 aromatic carbocycles. The van der Waals surface area contributed by atoms with E-state index in [1.807, 2.05) is 6.07 Å². The molecule has 5 rings (SSSR count). The van der Waals surface area contributed by atoms with Crippen LogP contribution in [0.15, 0.2) is 59.7 Å². The maximum absolute atomic E-state index is 14.6. The van der Waals surface area contributed by atoms with Gasteiger partial charge in [0.1, 0.15) is 17.5 Å². The van der Waals surface area contributed by atoms with Crippen molar-refractivity contribution in [2.24, 2.45) is 4.99 Å². The summed E-state index contributed by atoms with van der Waals surface area (Å²) in [5, 5.41) is 6.55. The van der Waals surface area contributed by atoms with Gasteiger partial charge < -0.3 is 15.2 Å². The Morgan fingerprint density at radius 2 is 2.09 bits per heavy atom. The van der Waals surface area contributed by atoms with Crippen LogP contribution in [0, 0.1) is 5.82 Å². The number of aromatic nitrogens is 3. The molecule has 2 N–H and O–H groups in total. The number of carbonyl (C=O) groups excluding carboxylic acids is 1. The Morgan fingerprint density at radius 1 is 1.22 bits per heavy atom. The Hall–Kier alpha value is -3.78. The van der Waals surface area contributed by atoms with E-state index in [1.54, 1.807) is 49.6 Å². The van der Waals surface area contributed by atoms with Crippen molar-refractivity contribution < 1.29 is 9.18 Å². The van der Waals surface area contributed by atoms with E-state index in [4.69, 9.17) is 11.6 Å². The quantitative estimate of drug-likeness (QED) is 0.495. The van der Waals surface area contributed by atoms with Crippen molar-refractivity contribution in [1.29, 1.82) is 0 Å². The van der Waals surface area contributed by atoms with E-state index in [0.29, 0.717) is 21.9 Å². The molecule has 0 bridgehead atoms. The largest absolute Gasteiger partial charge is 0.369 e. The third kappa shape index (κ3) is 3.58. The summed E-state index contributed by atoms with van der Waals surface area (Å²) in [5.74, 6) is 0.461. The molecule has 32 heavy (non-hydrogen) atoms. The number of fused-ring (bicyclic) bond motifs is 3. The second-order valence-corrected chi connectivity index (χ2v) is 7.75. The first-order chi connectivity index (χ1) is 15.5. The molecule has 0 radical (unpaired) electrons. The third-order valence-electron chi connectivity index (χ3n) is 5.30. The summed E-state index contributed by atoms with van der Waals surface area (Å²) in [6.07, 6.45) is 1.72. The van der Waals surface area contributed by atoms with E-state index in [9.17, 15) is 9.18 Å². The van der Waals surface area contributed by atoms with Gasteiger partial charge in [-0.15, -0.1) is 0 Å². The molecule has 0 saturated carbocycles. The molecular weight excluding hydrogens is 431 g/mol. The number of nitrogens with one attached hydrogen (secondary N) is 2. The van der Waals surface area contributed by atoms with Gasteiger partial charge in [0.15, 0.2) is 0 Å². The SMILES string of the molecule is CN=c1ncc2cc(-c3ccc(F)c(C(=O)Nc4cccc(Cl)c4)c3)c3n(c-2n1)CCN3. The van der Waals surface area contributed by atoms with Crippen molar-refractivity contribution in [3.8, 4) is 22.5 Å². The number of halogens is 2. The van der Waals surface area contributed by atoms with Crippen LogP contribution < -0.4 is 16.3 Å². The molecule has 0 aromatic heterocycles. The minimum Gasteiger partial charge on any atom is -0.369 e. The van der Waals surface area contributed by atoms with Gasteiger partial charge in [0.05, 0.1) is 5.56 Å². The van der Waals surface area contributed by atoms with Crippen LogP contribution in [0.1, 0.15) is 10.4 Å². The van der Waals surface area contributed by atoms with E-state index in [-0.39, 0.29) is 5.56 Å². The van der Waals surface area contributed by atoms with E-state index < -0.39 is 11.7 Å². The number of anilines is 2. The van der Waals surface area contributed by atoms with Gasteiger partial charge in [0.25, 0.3) is 5.91 Å². The third-order valence-corrected chi connectivity index (χ3v) is 5.53. The molecule has 7 nitrogen and oxygen atoms in total. The topological polar surface area (TPSA) is 84.2 Å². The highest BCUT2D eigenvalue weighted by molar-refractivity contribution is 6.31. The maximum Gasteiger partial charge on any atom is 0.258 e. The van der Waals surface area contributed by atoms with Crippen molar-refractivity contribution >= 4 is 29.0 Å². The number of hydrogen-bond donors (Lipinski definition) is 2. The summed E-state index contributed by atoms with van der Waals surface area (Å²) in [5.41, 5.74) is 3.20. The van der Waals surface area contributed by atoms with Crippen LogP contribution in [-0.2, 0) is 6.54 Å². The minimum atomic E-state index is -0.608. The van der Waals surface area contributed by atoms with Crippen molar-refractivity contribution in [2.45, 2.75) is 6.54 Å². The van der Waals surface area contributed by atoms with Crippen molar-refractivity contribution in [2.75, 3.05) is 24.2 Å². The number of benzene rings is 2. The van der Waals surface area contributed by atoms with Crippen LogP contribution in [0.3, 0.4) is 0 Å². The van der Waals surface area contributed by atoms with Gasteiger partial charge in [-0.25, -0.2) is 9.37 Å². The zero-order chi connectivity index (χ0) is 22.2. The molecule has 160 valence electrons. The van der Waals surface area contributed by atoms with Gasteiger partial charge in [-0.3, -0.25) is 9.79 Å². The lowest BCUT2D eigenvalue weighted by molar-refractivity contribution is 0.102. The Kier molecular flexibility index (Phi) is 5.07. The molecule has 3 aliphatic rings. The predicted octanol–water partition coefficient (Wildman–Crippen LogP) is 4.05. The zero-order valence-corrected chi connectivity index (χ0v) is 17.8. The number of pyridine rings is 1. The van der Waals surface area contributed by atoms with Gasteiger partial charge in [-0.05, 0) is 42.0 Å². The Labute approximate surface area is 188 Å². The van der Waals surface area contributed by atoms with Gasteiger partial charge in [0.2, 0.25) is 5.62 Å². The molecule has 0 spiro atoms. The van der Waals surface area contributed by atoms with E-state index in [0.717, 1.165) is 35.9 Å². The standard InChI is InChI=1S/C23H18ClFN6O/c1-26-23-28-12-14-10-17(21-27-7-8-31(21)20(14)30-23)13-5-6-19(25)18(9-13)22(32)29-16-4-2-3-15(24)11-16/h2-6,9-12,27H,7-8H2,1H3,(H,29,32). The monoisotopic (exact) mass is 448 g/mol. The molecular formula is C23H18ClFN6O. The van der Waals surface area contributed by atoms with Crippen LogP contribution in [0.5, 0.6) is 0 Å². The van der Waals surface area contributed by atoms with Gasteiger partial charge in [-0.2, -0.15) is 4.98 Å². The normalized spacial score (nSPS) is 13.2. The molecule has 2 aromatic rings. The molecule has 3 heterocycles. The minimum absolute atomic E-state index is 0.0595. The fourth-order valence-corrected chi connectivity index (χ4v) is 4.01. The molecule has 0 fully saturated rings. The lowest BCUT2D eigenvalue weighted by atomic mass is 10.0. The maximum atomic E-state index is 14.6. The highest BCUT2D eigenvalue weighted by Gasteiger charge is 2.23. The van der Waals surface area contributed by atoms with Crippen LogP contribution in [0.4, 0.5) is 15.9 Å². The fraction of sp³-hybridized carbons (Fsp3) is 0.130. The average Bonchev–Trinajstić information content (AvgIpc) is 3.29. The van der Waals surface area contributed by atoms with Crippen LogP contribution in [0.25, 0.3) is 22.5 Å². The average molecular weight is 449 g/mol. The first-order valence-electron chi connectivity index (χ1n) is 9.97. The number of carbonyl (C=O) groups is 1.